The van der Waals surface area contributed by atoms with E-state index in [2.05, 4.69) is 10.3 Å². The van der Waals surface area contributed by atoms with E-state index in [9.17, 15) is 19.8 Å². The van der Waals surface area contributed by atoms with Gasteiger partial charge in [-0.15, -0.1) is 11.3 Å². The van der Waals surface area contributed by atoms with Gasteiger partial charge in [0.25, 0.3) is 11.8 Å². The quantitative estimate of drug-likeness (QED) is 0.442. The molecule has 1 saturated heterocycles. The summed E-state index contributed by atoms with van der Waals surface area (Å²) in [5.41, 5.74) is 2.06. The Labute approximate surface area is 207 Å². The Morgan fingerprint density at radius 2 is 1.85 bits per heavy atom. The van der Waals surface area contributed by atoms with E-state index in [-0.39, 0.29) is 12.6 Å². The number of likely N-dealkylation sites (tertiary alicyclic amines) is 1. The van der Waals surface area contributed by atoms with E-state index in [1.807, 2.05) is 54.6 Å². The van der Waals surface area contributed by atoms with Gasteiger partial charge < -0.3 is 20.4 Å². The van der Waals surface area contributed by atoms with Crippen LogP contribution < -0.4 is 5.32 Å². The van der Waals surface area contributed by atoms with Crippen LogP contribution in [0.1, 0.15) is 39.9 Å². The summed E-state index contributed by atoms with van der Waals surface area (Å²) in [5, 5.41) is 24.7. The summed E-state index contributed by atoms with van der Waals surface area (Å²) >= 11 is 7.36. The molecular formula is C25H26ClN3O4S. The Bertz CT molecular complexity index is 1120. The van der Waals surface area contributed by atoms with Crippen LogP contribution >= 0.6 is 22.9 Å². The summed E-state index contributed by atoms with van der Waals surface area (Å²) in [6, 6.07) is 16.9. The highest BCUT2D eigenvalue weighted by atomic mass is 35.5. The van der Waals surface area contributed by atoms with Crippen molar-refractivity contribution in [1.82, 2.24) is 15.2 Å². The van der Waals surface area contributed by atoms with Crippen LogP contribution in [-0.4, -0.2) is 50.7 Å². The van der Waals surface area contributed by atoms with Crippen molar-refractivity contribution in [3.05, 3.63) is 86.8 Å². The van der Waals surface area contributed by atoms with Gasteiger partial charge in [-0.1, -0.05) is 54.1 Å². The Kier molecular flexibility index (Phi) is 7.95. The monoisotopic (exact) mass is 499 g/mol. The number of aliphatic hydroxyl groups is 2. The highest BCUT2D eigenvalue weighted by molar-refractivity contribution is 7.11. The largest absolute Gasteiger partial charge is 0.380 e. The standard InChI is InChI=1S/C25H26ClN3O4S/c26-18-10-8-16(9-11-18)13-19-14-27-21(34-19)15-28-24(32)22(30)23(31)25(33)29-12-4-7-20(29)17-5-2-1-3-6-17/h1-3,5-6,8-11,14,20,22-23,30-31H,4,7,12-13,15H2,(H,28,32)/t20?,22-,23-/m1/s1. The molecule has 2 amide bonds. The first-order valence-corrected chi connectivity index (χ1v) is 12.3. The second kappa shape index (κ2) is 11.1. The zero-order chi connectivity index (χ0) is 24.1. The molecule has 1 aromatic heterocycles. The van der Waals surface area contributed by atoms with Crippen molar-refractivity contribution < 1.29 is 19.8 Å². The SMILES string of the molecule is O=C(NCc1ncc(Cc2ccc(Cl)cc2)s1)[C@H](O)[C@@H](O)C(=O)N1CCCC1c1ccccc1. The molecule has 178 valence electrons. The number of amides is 2. The fraction of sp³-hybridized carbons (Fsp3) is 0.320. The van der Waals surface area contributed by atoms with Gasteiger partial charge in [0.05, 0.1) is 12.6 Å². The van der Waals surface area contributed by atoms with Crippen LogP contribution in [0.5, 0.6) is 0 Å². The smallest absolute Gasteiger partial charge is 0.255 e. The van der Waals surface area contributed by atoms with Crippen molar-refractivity contribution in [3.63, 3.8) is 0 Å². The average molecular weight is 500 g/mol. The number of halogens is 1. The van der Waals surface area contributed by atoms with E-state index in [1.54, 1.807) is 11.1 Å². The molecular weight excluding hydrogens is 474 g/mol. The summed E-state index contributed by atoms with van der Waals surface area (Å²) in [4.78, 5) is 32.2. The molecule has 7 nitrogen and oxygen atoms in total. The second-order valence-corrected chi connectivity index (χ2v) is 9.87. The van der Waals surface area contributed by atoms with Gasteiger partial charge in [0.1, 0.15) is 5.01 Å². The van der Waals surface area contributed by atoms with Crippen LogP contribution in [-0.2, 0) is 22.6 Å². The summed E-state index contributed by atoms with van der Waals surface area (Å²) in [6.45, 7) is 0.567. The van der Waals surface area contributed by atoms with E-state index in [1.165, 1.54) is 11.3 Å². The molecule has 2 heterocycles. The van der Waals surface area contributed by atoms with Gasteiger partial charge in [-0.25, -0.2) is 4.98 Å². The Morgan fingerprint density at radius 3 is 2.59 bits per heavy atom. The number of thiazole rings is 1. The lowest BCUT2D eigenvalue weighted by Gasteiger charge is -2.28. The maximum Gasteiger partial charge on any atom is 0.255 e. The number of benzene rings is 2. The fourth-order valence-electron chi connectivity index (χ4n) is 4.08. The van der Waals surface area contributed by atoms with Crippen molar-refractivity contribution in [1.29, 1.82) is 0 Å². The molecule has 0 spiro atoms. The zero-order valence-electron chi connectivity index (χ0n) is 18.4. The maximum absolute atomic E-state index is 12.9. The van der Waals surface area contributed by atoms with Gasteiger partial charge >= 0.3 is 0 Å². The van der Waals surface area contributed by atoms with E-state index < -0.39 is 24.0 Å². The third-order valence-electron chi connectivity index (χ3n) is 5.85. The summed E-state index contributed by atoms with van der Waals surface area (Å²) in [7, 11) is 0. The highest BCUT2D eigenvalue weighted by Crippen LogP contribution is 2.32. The van der Waals surface area contributed by atoms with Crippen molar-refractivity contribution in [3.8, 4) is 0 Å². The van der Waals surface area contributed by atoms with Gasteiger partial charge in [-0.2, -0.15) is 0 Å². The third kappa shape index (κ3) is 5.82. The molecule has 3 aromatic rings. The number of hydrogen-bond acceptors (Lipinski definition) is 6. The zero-order valence-corrected chi connectivity index (χ0v) is 20.0. The first kappa shape index (κ1) is 24.3. The van der Waals surface area contributed by atoms with Crippen LogP contribution in [0.4, 0.5) is 0 Å². The lowest BCUT2D eigenvalue weighted by Crippen LogP contribution is -2.50. The van der Waals surface area contributed by atoms with Crippen molar-refractivity contribution >= 4 is 34.8 Å². The molecule has 3 atom stereocenters. The molecule has 0 saturated carbocycles. The fourth-order valence-corrected chi connectivity index (χ4v) is 5.11. The van der Waals surface area contributed by atoms with Gasteiger partial charge in [0.2, 0.25) is 0 Å². The first-order valence-electron chi connectivity index (χ1n) is 11.1. The lowest BCUT2D eigenvalue weighted by molar-refractivity contribution is -0.153. The summed E-state index contributed by atoms with van der Waals surface area (Å²) < 4.78 is 0. The van der Waals surface area contributed by atoms with Crippen molar-refractivity contribution in [2.45, 2.75) is 44.1 Å². The molecule has 4 rings (SSSR count). The van der Waals surface area contributed by atoms with Gasteiger partial charge in [-0.05, 0) is 36.1 Å². The number of nitrogens with one attached hydrogen (secondary N) is 1. The van der Waals surface area contributed by atoms with Gasteiger partial charge in [0.15, 0.2) is 12.2 Å². The Hall–Kier alpha value is -2.78. The minimum absolute atomic E-state index is 0.0957. The Balaban J connectivity index is 1.30. The predicted octanol–water partition coefficient (Wildman–Crippen LogP) is 3.09. The number of aliphatic hydroxyl groups excluding tert-OH is 2. The molecule has 1 aliphatic rings. The molecule has 0 bridgehead atoms. The molecule has 0 radical (unpaired) electrons. The van der Waals surface area contributed by atoms with E-state index >= 15 is 0 Å². The Morgan fingerprint density at radius 1 is 1.12 bits per heavy atom. The minimum atomic E-state index is -1.86. The topological polar surface area (TPSA) is 103 Å². The van der Waals surface area contributed by atoms with Gasteiger partial charge in [-0.3, -0.25) is 9.59 Å². The van der Waals surface area contributed by atoms with E-state index in [4.69, 9.17) is 11.6 Å². The number of nitrogens with zero attached hydrogens (tertiary/aromatic N) is 2. The molecule has 34 heavy (non-hydrogen) atoms. The predicted molar refractivity (Wildman–Crippen MR) is 130 cm³/mol. The summed E-state index contributed by atoms with van der Waals surface area (Å²) in [6.07, 6.45) is 0.304. The molecule has 1 aliphatic heterocycles. The molecule has 3 N–H and O–H groups in total. The van der Waals surface area contributed by atoms with Crippen LogP contribution in [0.3, 0.4) is 0 Å². The molecule has 0 aliphatic carbocycles. The number of aromatic nitrogens is 1. The van der Waals surface area contributed by atoms with Gasteiger partial charge in [0, 0.05) is 29.1 Å². The molecule has 9 heteroatoms. The van der Waals surface area contributed by atoms with E-state index in [0.29, 0.717) is 23.0 Å². The van der Waals surface area contributed by atoms with Crippen LogP contribution in [0, 0.1) is 0 Å². The van der Waals surface area contributed by atoms with Crippen LogP contribution in [0.2, 0.25) is 5.02 Å². The normalized spacial score (nSPS) is 17.4. The van der Waals surface area contributed by atoms with Crippen molar-refractivity contribution in [2.24, 2.45) is 0 Å². The van der Waals surface area contributed by atoms with Crippen LogP contribution in [0.15, 0.2) is 60.8 Å². The molecule has 1 fully saturated rings. The minimum Gasteiger partial charge on any atom is -0.380 e. The van der Waals surface area contributed by atoms with Crippen LogP contribution in [0.25, 0.3) is 0 Å². The average Bonchev–Trinajstić information content (AvgIpc) is 3.53. The highest BCUT2D eigenvalue weighted by Gasteiger charge is 2.38. The lowest BCUT2D eigenvalue weighted by atomic mass is 10.0. The number of carbonyl (C=O) groups excluding carboxylic acids is 2. The molecule has 2 aromatic carbocycles. The number of carbonyl (C=O) groups is 2. The summed E-state index contributed by atoms with van der Waals surface area (Å²) in [5.74, 6) is -1.46. The first-order chi connectivity index (χ1) is 16.4. The molecule has 1 unspecified atom stereocenters. The van der Waals surface area contributed by atoms with E-state index in [0.717, 1.165) is 28.8 Å². The number of hydrogen-bond donors (Lipinski definition) is 3. The maximum atomic E-state index is 12.9. The number of rotatable bonds is 8. The second-order valence-electron chi connectivity index (χ2n) is 8.23. The van der Waals surface area contributed by atoms with Crippen molar-refractivity contribution in [2.75, 3.05) is 6.54 Å². The third-order valence-corrected chi connectivity index (χ3v) is 7.10.